The van der Waals surface area contributed by atoms with Crippen LogP contribution in [0.25, 0.3) is 0 Å². The average molecular weight is 255 g/mol. The van der Waals surface area contributed by atoms with Crippen LogP contribution in [-0.2, 0) is 4.79 Å². The second-order valence-electron chi connectivity index (χ2n) is 3.94. The largest absolute Gasteiger partial charge is 0.481 e. The van der Waals surface area contributed by atoms with Gasteiger partial charge in [-0.3, -0.25) is 9.59 Å². The van der Waals surface area contributed by atoms with Crippen molar-refractivity contribution in [3.05, 3.63) is 29.0 Å². The number of aromatic nitrogens is 1. The van der Waals surface area contributed by atoms with E-state index in [0.717, 1.165) is 0 Å². The third kappa shape index (κ3) is 2.55. The topological polar surface area (TPSA) is 70.5 Å². The highest BCUT2D eigenvalue weighted by atomic mass is 35.5. The van der Waals surface area contributed by atoms with Crippen LogP contribution < -0.4 is 0 Å². The zero-order valence-electron chi connectivity index (χ0n) is 8.97. The molecule has 1 aromatic rings. The number of carbonyl (C=O) groups excluding carboxylic acids is 1. The quantitative estimate of drug-likeness (QED) is 0.807. The molecule has 0 bridgehead atoms. The Kier molecular flexibility index (Phi) is 3.28. The summed E-state index contributed by atoms with van der Waals surface area (Å²) in [6, 6.07) is 3.13. The summed E-state index contributed by atoms with van der Waals surface area (Å²) in [5.41, 5.74) is 0.431. The molecule has 1 fully saturated rings. The van der Waals surface area contributed by atoms with Gasteiger partial charge in [0.25, 0.3) is 5.91 Å². The number of hydrogen-bond donors (Lipinski definition) is 1. The smallest absolute Gasteiger partial charge is 0.308 e. The molecule has 0 aromatic carbocycles. The van der Waals surface area contributed by atoms with Gasteiger partial charge >= 0.3 is 5.97 Å². The lowest BCUT2D eigenvalue weighted by Crippen LogP contribution is -2.29. The lowest BCUT2D eigenvalue weighted by molar-refractivity contribution is -0.141. The van der Waals surface area contributed by atoms with Crippen LogP contribution in [-0.4, -0.2) is 40.0 Å². The van der Waals surface area contributed by atoms with Crippen molar-refractivity contribution in [3.63, 3.8) is 0 Å². The van der Waals surface area contributed by atoms with Crippen LogP contribution in [0, 0.1) is 5.92 Å². The Bertz CT molecular complexity index is 447. The fourth-order valence-corrected chi connectivity index (χ4v) is 1.94. The second kappa shape index (κ2) is 4.71. The first kappa shape index (κ1) is 11.9. The van der Waals surface area contributed by atoms with Crippen molar-refractivity contribution in [3.8, 4) is 0 Å². The lowest BCUT2D eigenvalue weighted by Gasteiger charge is -2.15. The van der Waals surface area contributed by atoms with Gasteiger partial charge in [0, 0.05) is 19.3 Å². The van der Waals surface area contributed by atoms with Gasteiger partial charge in [-0.25, -0.2) is 4.98 Å². The predicted octanol–water partition coefficient (Wildman–Crippen LogP) is 1.28. The minimum Gasteiger partial charge on any atom is -0.481 e. The summed E-state index contributed by atoms with van der Waals surface area (Å²) in [7, 11) is 0. The molecule has 2 rings (SSSR count). The number of amides is 1. The molecule has 1 aliphatic heterocycles. The van der Waals surface area contributed by atoms with Crippen LogP contribution in [0.3, 0.4) is 0 Å². The van der Waals surface area contributed by atoms with Crippen molar-refractivity contribution in [1.82, 2.24) is 9.88 Å². The number of aliphatic carboxylic acids is 1. The molecule has 1 aliphatic rings. The lowest BCUT2D eigenvalue weighted by atomic mass is 10.1. The number of carboxylic acid groups (broad SMARTS) is 1. The Morgan fingerprint density at radius 2 is 2.24 bits per heavy atom. The highest BCUT2D eigenvalue weighted by molar-refractivity contribution is 6.29. The van der Waals surface area contributed by atoms with E-state index in [9.17, 15) is 9.59 Å². The first-order valence-corrected chi connectivity index (χ1v) is 5.59. The number of rotatable bonds is 2. The Morgan fingerprint density at radius 1 is 1.47 bits per heavy atom. The Morgan fingerprint density at radius 3 is 2.76 bits per heavy atom. The van der Waals surface area contributed by atoms with Crippen LogP contribution in [0.15, 0.2) is 18.3 Å². The molecule has 1 N–H and O–H groups in total. The van der Waals surface area contributed by atoms with Gasteiger partial charge in [-0.2, -0.15) is 0 Å². The molecule has 1 atom stereocenters. The van der Waals surface area contributed by atoms with E-state index in [4.69, 9.17) is 16.7 Å². The first-order valence-electron chi connectivity index (χ1n) is 5.21. The number of pyridine rings is 1. The Labute approximate surface area is 103 Å². The highest BCUT2D eigenvalue weighted by Gasteiger charge is 2.31. The molecule has 0 saturated carbocycles. The number of likely N-dealkylation sites (tertiary alicyclic amines) is 1. The molecule has 1 aromatic heterocycles. The normalized spacial score (nSPS) is 19.4. The Hall–Kier alpha value is -1.62. The molecule has 1 unspecified atom stereocenters. The highest BCUT2D eigenvalue weighted by Crippen LogP contribution is 2.19. The zero-order chi connectivity index (χ0) is 12.4. The summed E-state index contributed by atoms with van der Waals surface area (Å²) in [6.07, 6.45) is 1.90. The summed E-state index contributed by atoms with van der Waals surface area (Å²) in [5.74, 6) is -1.51. The summed E-state index contributed by atoms with van der Waals surface area (Å²) < 4.78 is 0. The van der Waals surface area contributed by atoms with Crippen LogP contribution in [0.4, 0.5) is 0 Å². The summed E-state index contributed by atoms with van der Waals surface area (Å²) in [5, 5.41) is 9.18. The van der Waals surface area contributed by atoms with Crippen molar-refractivity contribution in [2.24, 2.45) is 5.92 Å². The molecule has 0 aliphatic carbocycles. The molecule has 0 radical (unpaired) electrons. The van der Waals surface area contributed by atoms with Gasteiger partial charge in [0.2, 0.25) is 0 Å². The van der Waals surface area contributed by atoms with Crippen molar-refractivity contribution in [2.45, 2.75) is 6.42 Å². The standard InChI is InChI=1S/C11H11ClN2O3/c12-9-2-1-7(5-13-9)10(15)14-4-3-8(6-14)11(16)17/h1-2,5,8H,3-4,6H2,(H,16,17). The minimum atomic E-state index is -0.852. The maximum absolute atomic E-state index is 12.0. The number of carbonyl (C=O) groups is 2. The fourth-order valence-electron chi connectivity index (χ4n) is 1.83. The SMILES string of the molecule is O=C(O)C1CCN(C(=O)c2ccc(Cl)nc2)C1. The van der Waals surface area contributed by atoms with Crippen molar-refractivity contribution in [2.75, 3.05) is 13.1 Å². The van der Waals surface area contributed by atoms with E-state index >= 15 is 0 Å². The van der Waals surface area contributed by atoms with Gasteiger partial charge in [-0.1, -0.05) is 11.6 Å². The monoisotopic (exact) mass is 254 g/mol. The van der Waals surface area contributed by atoms with E-state index in [1.807, 2.05) is 0 Å². The number of nitrogens with zero attached hydrogens (tertiary/aromatic N) is 2. The van der Waals surface area contributed by atoms with Gasteiger partial charge in [0.15, 0.2) is 0 Å². The summed E-state index contributed by atoms with van der Waals surface area (Å²) in [6.45, 7) is 0.731. The van der Waals surface area contributed by atoms with E-state index < -0.39 is 11.9 Å². The maximum Gasteiger partial charge on any atom is 0.308 e. The second-order valence-corrected chi connectivity index (χ2v) is 4.33. The summed E-state index contributed by atoms with van der Waals surface area (Å²) >= 11 is 5.63. The van der Waals surface area contributed by atoms with E-state index in [2.05, 4.69) is 4.98 Å². The molecule has 1 saturated heterocycles. The van der Waals surface area contributed by atoms with Crippen LogP contribution in [0.2, 0.25) is 5.15 Å². The van der Waals surface area contributed by atoms with E-state index in [0.29, 0.717) is 23.7 Å². The predicted molar refractivity (Wildman–Crippen MR) is 60.9 cm³/mol. The molecule has 17 heavy (non-hydrogen) atoms. The first-order chi connectivity index (χ1) is 8.08. The minimum absolute atomic E-state index is 0.196. The van der Waals surface area contributed by atoms with Crippen molar-refractivity contribution < 1.29 is 14.7 Å². The van der Waals surface area contributed by atoms with Gasteiger partial charge < -0.3 is 10.0 Å². The van der Waals surface area contributed by atoms with Gasteiger partial charge in [0.1, 0.15) is 5.15 Å². The number of halogens is 1. The molecule has 5 nitrogen and oxygen atoms in total. The average Bonchev–Trinajstić information content (AvgIpc) is 2.78. The maximum atomic E-state index is 12.0. The molecular formula is C11H11ClN2O3. The Balaban J connectivity index is 2.07. The molecule has 6 heteroatoms. The molecule has 90 valence electrons. The third-order valence-electron chi connectivity index (χ3n) is 2.80. The van der Waals surface area contributed by atoms with Gasteiger partial charge in [-0.05, 0) is 18.6 Å². The van der Waals surface area contributed by atoms with Crippen LogP contribution >= 0.6 is 11.6 Å². The van der Waals surface area contributed by atoms with Crippen molar-refractivity contribution >= 4 is 23.5 Å². The van der Waals surface area contributed by atoms with Crippen LogP contribution in [0.5, 0.6) is 0 Å². The molecular weight excluding hydrogens is 244 g/mol. The zero-order valence-corrected chi connectivity index (χ0v) is 9.72. The molecule has 0 spiro atoms. The van der Waals surface area contributed by atoms with Gasteiger partial charge in [0.05, 0.1) is 11.5 Å². The van der Waals surface area contributed by atoms with Crippen LogP contribution in [0.1, 0.15) is 16.8 Å². The molecule has 1 amide bonds. The number of hydrogen-bond acceptors (Lipinski definition) is 3. The van der Waals surface area contributed by atoms with E-state index in [-0.39, 0.29) is 12.5 Å². The molecule has 2 heterocycles. The van der Waals surface area contributed by atoms with E-state index in [1.165, 1.54) is 11.1 Å². The summed E-state index contributed by atoms with van der Waals surface area (Å²) in [4.78, 5) is 28.1. The van der Waals surface area contributed by atoms with Crippen molar-refractivity contribution in [1.29, 1.82) is 0 Å². The fraction of sp³-hybridized carbons (Fsp3) is 0.364. The third-order valence-corrected chi connectivity index (χ3v) is 3.02. The number of carboxylic acids is 1. The van der Waals surface area contributed by atoms with Gasteiger partial charge in [-0.15, -0.1) is 0 Å². The van der Waals surface area contributed by atoms with E-state index in [1.54, 1.807) is 12.1 Å².